The van der Waals surface area contributed by atoms with Crippen LogP contribution in [0.3, 0.4) is 0 Å². The molecule has 1 aliphatic carbocycles. The largest absolute Gasteiger partial charge is 0.457 e. The van der Waals surface area contributed by atoms with E-state index in [1.165, 1.54) is 0 Å². The molecule has 0 atom stereocenters. The van der Waals surface area contributed by atoms with Crippen LogP contribution < -0.4 is 4.74 Å². The van der Waals surface area contributed by atoms with Crippen LogP contribution in [0.25, 0.3) is 79.5 Å². The minimum atomic E-state index is -0.781. The van der Waals surface area contributed by atoms with Gasteiger partial charge in [0.05, 0.1) is 5.41 Å². The van der Waals surface area contributed by atoms with Crippen molar-refractivity contribution in [1.29, 1.82) is 0 Å². The molecule has 62 heavy (non-hydrogen) atoms. The van der Waals surface area contributed by atoms with E-state index >= 15 is 0 Å². The fraction of sp³-hybridized carbons (Fsp3) is 0.0182. The van der Waals surface area contributed by atoms with Crippen LogP contribution in [0.5, 0.6) is 11.5 Å². The maximum Gasteiger partial charge on any atom is 0.164 e. The number of nitrogens with zero attached hydrogens (tertiary/aromatic N) is 6. The zero-order valence-corrected chi connectivity index (χ0v) is 33.2. The molecule has 0 fully saturated rings. The lowest BCUT2D eigenvalue weighted by atomic mass is 9.65. The quantitative estimate of drug-likeness (QED) is 0.166. The lowest BCUT2D eigenvalue weighted by molar-refractivity contribution is 0.436. The molecule has 0 saturated carbocycles. The summed E-state index contributed by atoms with van der Waals surface area (Å²) < 4.78 is 6.72. The number of benzene rings is 8. The van der Waals surface area contributed by atoms with Gasteiger partial charge in [-0.15, -0.1) is 0 Å². The molecule has 10 aromatic rings. The predicted octanol–water partition coefficient (Wildman–Crippen LogP) is 12.5. The Labute approximate surface area is 358 Å². The van der Waals surface area contributed by atoms with Crippen molar-refractivity contribution in [2.24, 2.45) is 0 Å². The average Bonchev–Trinajstić information content (AvgIpc) is 3.64. The van der Waals surface area contributed by atoms with Crippen molar-refractivity contribution < 1.29 is 4.74 Å². The fourth-order valence-corrected chi connectivity index (χ4v) is 9.05. The molecule has 0 radical (unpaired) electrons. The van der Waals surface area contributed by atoms with Gasteiger partial charge in [-0.2, -0.15) is 0 Å². The van der Waals surface area contributed by atoms with Crippen molar-refractivity contribution >= 4 is 0 Å². The summed E-state index contributed by atoms with van der Waals surface area (Å²) >= 11 is 0. The Morgan fingerprint density at radius 1 is 0.258 bits per heavy atom. The highest BCUT2D eigenvalue weighted by molar-refractivity contribution is 5.91. The van der Waals surface area contributed by atoms with Gasteiger partial charge in [0.2, 0.25) is 0 Å². The molecule has 0 bridgehead atoms. The summed E-state index contributed by atoms with van der Waals surface area (Å²) in [6.07, 6.45) is 0. The van der Waals surface area contributed by atoms with Gasteiger partial charge >= 0.3 is 0 Å². The van der Waals surface area contributed by atoms with Crippen LogP contribution in [0.1, 0.15) is 22.3 Å². The zero-order valence-electron chi connectivity index (χ0n) is 33.2. The van der Waals surface area contributed by atoms with Crippen LogP contribution in [-0.2, 0) is 5.41 Å². The summed E-state index contributed by atoms with van der Waals surface area (Å²) in [5.41, 5.74) is 11.2. The molecule has 1 spiro atoms. The second-order valence-electron chi connectivity index (χ2n) is 15.4. The molecule has 7 heteroatoms. The molecule has 0 amide bonds. The summed E-state index contributed by atoms with van der Waals surface area (Å²) in [5.74, 6) is 5.24. The van der Waals surface area contributed by atoms with E-state index < -0.39 is 5.41 Å². The standard InChI is InChI=1S/C55H34N6O/c1-5-17-35(18-6-1)49-56-50(36-19-7-2-8-20-36)59-53(58-49)39-29-31-41-42-32-30-40(54-60-51(37-21-9-3-10-22-37)57-52(61-54)38-23-11-4-12-24-38)34-46(42)55(45(41)33-39)43-25-13-15-27-47(43)62-48-28-16-14-26-44(48)55/h1-34H. The smallest absolute Gasteiger partial charge is 0.164 e. The topological polar surface area (TPSA) is 86.6 Å². The third-order valence-corrected chi connectivity index (χ3v) is 11.9. The number of aromatic nitrogens is 6. The maximum absolute atomic E-state index is 6.72. The van der Waals surface area contributed by atoms with E-state index in [1.807, 2.05) is 133 Å². The first kappa shape index (κ1) is 35.5. The third-order valence-electron chi connectivity index (χ3n) is 11.9. The van der Waals surface area contributed by atoms with Crippen LogP contribution in [0.2, 0.25) is 0 Å². The number of fused-ring (bicyclic) bond motifs is 9. The Hall–Kier alpha value is -8.42. The van der Waals surface area contributed by atoms with Gasteiger partial charge in [-0.25, -0.2) is 29.9 Å². The normalized spacial score (nSPS) is 12.8. The lowest BCUT2D eigenvalue weighted by Crippen LogP contribution is -2.32. The van der Waals surface area contributed by atoms with Crippen LogP contribution >= 0.6 is 0 Å². The number of para-hydroxylation sites is 2. The molecule has 0 unspecified atom stereocenters. The van der Waals surface area contributed by atoms with Crippen molar-refractivity contribution in [1.82, 2.24) is 29.9 Å². The molecule has 2 aromatic heterocycles. The second kappa shape index (κ2) is 14.4. The summed E-state index contributed by atoms with van der Waals surface area (Å²) in [5, 5.41) is 0. The number of rotatable bonds is 6. The van der Waals surface area contributed by atoms with Crippen molar-refractivity contribution in [3.05, 3.63) is 229 Å². The zero-order chi connectivity index (χ0) is 41.0. The summed E-state index contributed by atoms with van der Waals surface area (Å²) in [4.78, 5) is 30.6. The summed E-state index contributed by atoms with van der Waals surface area (Å²) in [6.45, 7) is 0. The third kappa shape index (κ3) is 5.74. The molecule has 1 aliphatic heterocycles. The molecule has 12 rings (SSSR count). The molecule has 3 heterocycles. The van der Waals surface area contributed by atoms with E-state index in [4.69, 9.17) is 34.6 Å². The van der Waals surface area contributed by atoms with Crippen molar-refractivity contribution in [2.75, 3.05) is 0 Å². The summed E-state index contributed by atoms with van der Waals surface area (Å²) in [6, 6.07) is 70.4. The molecular formula is C55H34N6O. The van der Waals surface area contributed by atoms with E-state index in [-0.39, 0.29) is 0 Å². The number of ether oxygens (including phenoxy) is 1. The Balaban J connectivity index is 1.11. The second-order valence-corrected chi connectivity index (χ2v) is 15.4. The fourth-order valence-electron chi connectivity index (χ4n) is 9.05. The van der Waals surface area contributed by atoms with Gasteiger partial charge in [-0.05, 0) is 46.5 Å². The van der Waals surface area contributed by atoms with Gasteiger partial charge in [0.25, 0.3) is 0 Å². The SMILES string of the molecule is c1ccc(-c2nc(-c3ccccc3)nc(-c3ccc4c(c3)C3(c5ccccc5Oc5ccccc53)c3cc(-c5nc(-c6ccccc6)nc(-c6ccccc6)n5)ccc3-4)n2)cc1. The van der Waals surface area contributed by atoms with E-state index in [0.717, 1.165) is 78.3 Å². The molecule has 8 aromatic carbocycles. The van der Waals surface area contributed by atoms with Gasteiger partial charge in [0.15, 0.2) is 34.9 Å². The molecule has 0 N–H and O–H groups in total. The van der Waals surface area contributed by atoms with Gasteiger partial charge in [-0.3, -0.25) is 0 Å². The monoisotopic (exact) mass is 794 g/mol. The van der Waals surface area contributed by atoms with Crippen LogP contribution in [0.4, 0.5) is 0 Å². The Morgan fingerprint density at radius 2 is 0.548 bits per heavy atom. The highest BCUT2D eigenvalue weighted by Crippen LogP contribution is 2.62. The highest BCUT2D eigenvalue weighted by atomic mass is 16.5. The molecule has 7 nitrogen and oxygen atoms in total. The Bertz CT molecular complexity index is 2980. The van der Waals surface area contributed by atoms with E-state index in [9.17, 15) is 0 Å². The van der Waals surface area contributed by atoms with E-state index in [0.29, 0.717) is 34.9 Å². The molecule has 290 valence electrons. The minimum Gasteiger partial charge on any atom is -0.457 e. The van der Waals surface area contributed by atoms with Crippen LogP contribution in [0, 0.1) is 0 Å². The Kier molecular flexibility index (Phi) is 8.25. The number of hydrogen-bond acceptors (Lipinski definition) is 7. The van der Waals surface area contributed by atoms with Crippen molar-refractivity contribution in [3.63, 3.8) is 0 Å². The van der Waals surface area contributed by atoms with Gasteiger partial charge in [0.1, 0.15) is 11.5 Å². The van der Waals surface area contributed by atoms with Crippen molar-refractivity contribution in [3.8, 4) is 91.0 Å². The molecule has 0 saturated heterocycles. The van der Waals surface area contributed by atoms with Crippen LogP contribution in [0.15, 0.2) is 206 Å². The van der Waals surface area contributed by atoms with E-state index in [2.05, 4.69) is 72.8 Å². The maximum atomic E-state index is 6.72. The van der Waals surface area contributed by atoms with Gasteiger partial charge in [0, 0.05) is 44.5 Å². The first-order valence-corrected chi connectivity index (χ1v) is 20.6. The van der Waals surface area contributed by atoms with Gasteiger partial charge < -0.3 is 4.74 Å². The highest BCUT2D eigenvalue weighted by Gasteiger charge is 2.51. The first-order valence-electron chi connectivity index (χ1n) is 20.6. The summed E-state index contributed by atoms with van der Waals surface area (Å²) in [7, 11) is 0. The molecular weight excluding hydrogens is 761 g/mol. The van der Waals surface area contributed by atoms with Crippen molar-refractivity contribution in [2.45, 2.75) is 5.41 Å². The van der Waals surface area contributed by atoms with Gasteiger partial charge in [-0.1, -0.05) is 182 Å². The Morgan fingerprint density at radius 3 is 0.887 bits per heavy atom. The average molecular weight is 795 g/mol. The van der Waals surface area contributed by atoms with Crippen LogP contribution in [-0.4, -0.2) is 29.9 Å². The lowest BCUT2D eigenvalue weighted by Gasteiger charge is -2.39. The molecule has 2 aliphatic rings. The predicted molar refractivity (Wildman–Crippen MR) is 243 cm³/mol. The number of hydrogen-bond donors (Lipinski definition) is 0. The minimum absolute atomic E-state index is 0.591. The van der Waals surface area contributed by atoms with E-state index in [1.54, 1.807) is 0 Å². The first-order chi connectivity index (χ1) is 30.7.